The smallest absolute Gasteiger partial charge is 0.405 e. The monoisotopic (exact) mass is 333 g/mol. The van der Waals surface area contributed by atoms with Crippen LogP contribution in [0.5, 0.6) is 5.75 Å². The lowest BCUT2D eigenvalue weighted by molar-refractivity contribution is -0.274. The van der Waals surface area contributed by atoms with Crippen LogP contribution in [0.15, 0.2) is 54.7 Å². The third-order valence-electron chi connectivity index (χ3n) is 3.54. The predicted octanol–water partition coefficient (Wildman–Crippen LogP) is 4.23. The second-order valence-corrected chi connectivity index (χ2v) is 5.19. The van der Waals surface area contributed by atoms with Crippen LogP contribution in [0.25, 0.3) is 22.4 Å². The van der Waals surface area contributed by atoms with Crippen molar-refractivity contribution in [3.63, 3.8) is 0 Å². The third-order valence-corrected chi connectivity index (χ3v) is 3.54. The van der Waals surface area contributed by atoms with Gasteiger partial charge in [0.2, 0.25) is 0 Å². The zero-order valence-electron chi connectivity index (χ0n) is 12.7. The molecule has 0 saturated carbocycles. The van der Waals surface area contributed by atoms with E-state index in [1.54, 1.807) is 54.3 Å². The molecule has 124 valence electrons. The Bertz CT molecular complexity index is 872. The second kappa shape index (κ2) is 5.92. The van der Waals surface area contributed by atoms with Crippen LogP contribution in [0.1, 0.15) is 0 Å². The first-order chi connectivity index (χ1) is 11.3. The summed E-state index contributed by atoms with van der Waals surface area (Å²) in [4.78, 5) is 0. The average molecular weight is 333 g/mol. The quantitative estimate of drug-likeness (QED) is 0.730. The van der Waals surface area contributed by atoms with Gasteiger partial charge in [0.25, 0.3) is 0 Å². The van der Waals surface area contributed by atoms with Gasteiger partial charge in [-0.2, -0.15) is 5.10 Å². The molecule has 0 unspecified atom stereocenters. The summed E-state index contributed by atoms with van der Waals surface area (Å²) in [6.07, 6.45) is -3.16. The van der Waals surface area contributed by atoms with E-state index < -0.39 is 6.36 Å². The van der Waals surface area contributed by atoms with E-state index in [-0.39, 0.29) is 5.75 Å². The van der Waals surface area contributed by atoms with Crippen molar-refractivity contribution in [3.05, 3.63) is 54.7 Å². The van der Waals surface area contributed by atoms with Crippen LogP contribution < -0.4 is 10.5 Å². The number of ether oxygens (including phenoxy) is 1. The summed E-state index contributed by atoms with van der Waals surface area (Å²) in [5.74, 6) is -0.266. The normalized spacial score (nSPS) is 11.5. The Balaban J connectivity index is 2.20. The molecule has 4 nitrogen and oxygen atoms in total. The molecule has 0 aliphatic carbocycles. The number of halogens is 3. The zero-order chi connectivity index (χ0) is 17.3. The Morgan fingerprint density at radius 3 is 2.42 bits per heavy atom. The van der Waals surface area contributed by atoms with Crippen LogP contribution >= 0.6 is 0 Å². The van der Waals surface area contributed by atoms with E-state index in [1.165, 1.54) is 12.1 Å². The summed E-state index contributed by atoms with van der Waals surface area (Å²) in [6, 6.07) is 12.8. The predicted molar refractivity (Wildman–Crippen MR) is 85.2 cm³/mol. The highest BCUT2D eigenvalue weighted by atomic mass is 19.4. The molecule has 0 fully saturated rings. The van der Waals surface area contributed by atoms with Crippen LogP contribution in [0.2, 0.25) is 0 Å². The van der Waals surface area contributed by atoms with Gasteiger partial charge in [-0.3, -0.25) is 4.68 Å². The summed E-state index contributed by atoms with van der Waals surface area (Å²) >= 11 is 0. The molecule has 2 N–H and O–H groups in total. The minimum atomic E-state index is -4.77. The molecule has 24 heavy (non-hydrogen) atoms. The van der Waals surface area contributed by atoms with E-state index >= 15 is 0 Å². The number of rotatable bonds is 3. The summed E-state index contributed by atoms with van der Waals surface area (Å²) in [7, 11) is 1.75. The van der Waals surface area contributed by atoms with E-state index in [2.05, 4.69) is 9.84 Å². The first-order valence-electron chi connectivity index (χ1n) is 7.08. The van der Waals surface area contributed by atoms with Gasteiger partial charge in [-0.1, -0.05) is 24.3 Å². The van der Waals surface area contributed by atoms with Gasteiger partial charge in [0.15, 0.2) is 0 Å². The Morgan fingerprint density at radius 1 is 1.00 bits per heavy atom. The van der Waals surface area contributed by atoms with Gasteiger partial charge >= 0.3 is 6.36 Å². The number of benzene rings is 2. The fraction of sp³-hybridized carbons (Fsp3) is 0.118. The maximum absolute atomic E-state index is 12.7. The average Bonchev–Trinajstić information content (AvgIpc) is 2.92. The van der Waals surface area contributed by atoms with Gasteiger partial charge in [0, 0.05) is 30.1 Å². The first-order valence-corrected chi connectivity index (χ1v) is 7.08. The van der Waals surface area contributed by atoms with E-state index in [4.69, 9.17) is 5.73 Å². The van der Waals surface area contributed by atoms with Crippen molar-refractivity contribution in [3.8, 4) is 28.1 Å². The van der Waals surface area contributed by atoms with Gasteiger partial charge in [-0.15, -0.1) is 13.2 Å². The number of aryl methyl sites for hydroxylation is 1. The lowest BCUT2D eigenvalue weighted by atomic mass is 9.96. The summed E-state index contributed by atoms with van der Waals surface area (Å²) in [6.45, 7) is 0. The van der Waals surface area contributed by atoms with Crippen LogP contribution in [0, 0.1) is 0 Å². The highest BCUT2D eigenvalue weighted by Gasteiger charge is 2.32. The summed E-state index contributed by atoms with van der Waals surface area (Å²) in [5.41, 5.74) is 8.68. The number of para-hydroxylation sites is 1. The molecule has 1 heterocycles. The molecule has 7 heteroatoms. The highest BCUT2D eigenvalue weighted by molar-refractivity contribution is 5.86. The van der Waals surface area contributed by atoms with Gasteiger partial charge in [-0.05, 0) is 29.8 Å². The van der Waals surface area contributed by atoms with Crippen molar-refractivity contribution < 1.29 is 17.9 Å². The molecule has 0 radical (unpaired) electrons. The van der Waals surface area contributed by atoms with Gasteiger partial charge in [-0.25, -0.2) is 0 Å². The maximum atomic E-state index is 12.7. The molecular weight excluding hydrogens is 319 g/mol. The van der Waals surface area contributed by atoms with Crippen molar-refractivity contribution >= 4 is 5.69 Å². The summed E-state index contributed by atoms with van der Waals surface area (Å²) < 4.78 is 43.8. The van der Waals surface area contributed by atoms with Crippen molar-refractivity contribution in [2.75, 3.05) is 5.73 Å². The number of nitrogen functional groups attached to an aromatic ring is 1. The van der Waals surface area contributed by atoms with Gasteiger partial charge < -0.3 is 10.5 Å². The number of nitrogens with two attached hydrogens (primary N) is 1. The fourth-order valence-corrected chi connectivity index (χ4v) is 2.55. The van der Waals surface area contributed by atoms with Crippen molar-refractivity contribution in [2.45, 2.75) is 6.36 Å². The molecule has 0 saturated heterocycles. The van der Waals surface area contributed by atoms with Crippen LogP contribution in [-0.2, 0) is 7.05 Å². The topological polar surface area (TPSA) is 53.1 Å². The number of hydrogen-bond acceptors (Lipinski definition) is 3. The molecule has 0 bridgehead atoms. The SMILES string of the molecule is Cn1nccc1-c1cc(N)ccc1-c1ccccc1OC(F)(F)F. The first kappa shape index (κ1) is 15.9. The van der Waals surface area contributed by atoms with Gasteiger partial charge in [0.1, 0.15) is 5.75 Å². The van der Waals surface area contributed by atoms with Gasteiger partial charge in [0.05, 0.1) is 5.69 Å². The van der Waals surface area contributed by atoms with E-state index in [9.17, 15) is 13.2 Å². The molecule has 3 rings (SSSR count). The molecule has 0 amide bonds. The molecule has 0 spiro atoms. The van der Waals surface area contributed by atoms with Crippen LogP contribution in [0.3, 0.4) is 0 Å². The largest absolute Gasteiger partial charge is 0.573 e. The minimum absolute atomic E-state index is 0.266. The molecule has 0 aliphatic rings. The standard InChI is InChI=1S/C17H14F3N3O/c1-23-15(8-9-22-23)14-10-11(21)6-7-12(14)13-4-2-3-5-16(13)24-17(18,19)20/h2-10H,21H2,1H3. The zero-order valence-corrected chi connectivity index (χ0v) is 12.7. The molecule has 0 aliphatic heterocycles. The van der Waals surface area contributed by atoms with E-state index in [0.29, 0.717) is 22.4 Å². The molecule has 3 aromatic rings. The van der Waals surface area contributed by atoms with Crippen LogP contribution in [-0.4, -0.2) is 16.1 Å². The molecule has 2 aromatic carbocycles. The summed E-state index contributed by atoms with van der Waals surface area (Å²) in [5, 5.41) is 4.10. The number of nitrogens with zero attached hydrogens (tertiary/aromatic N) is 2. The lowest BCUT2D eigenvalue weighted by Gasteiger charge is -2.16. The van der Waals surface area contributed by atoms with E-state index in [1.807, 2.05) is 0 Å². The Labute approximate surface area is 136 Å². The van der Waals surface area contributed by atoms with Crippen molar-refractivity contribution in [1.82, 2.24) is 9.78 Å². The Kier molecular flexibility index (Phi) is 3.92. The number of aromatic nitrogens is 2. The highest BCUT2D eigenvalue weighted by Crippen LogP contribution is 2.39. The minimum Gasteiger partial charge on any atom is -0.405 e. The number of anilines is 1. The Morgan fingerprint density at radius 2 is 1.75 bits per heavy atom. The molecular formula is C17H14F3N3O. The molecule has 1 aromatic heterocycles. The number of alkyl halides is 3. The maximum Gasteiger partial charge on any atom is 0.573 e. The Hall–Kier alpha value is -2.96. The fourth-order valence-electron chi connectivity index (χ4n) is 2.55. The van der Waals surface area contributed by atoms with Crippen LogP contribution in [0.4, 0.5) is 18.9 Å². The third kappa shape index (κ3) is 3.19. The van der Waals surface area contributed by atoms with Crippen molar-refractivity contribution in [2.24, 2.45) is 7.05 Å². The number of hydrogen-bond donors (Lipinski definition) is 1. The second-order valence-electron chi connectivity index (χ2n) is 5.19. The lowest BCUT2D eigenvalue weighted by Crippen LogP contribution is -2.17. The molecule has 0 atom stereocenters. The van der Waals surface area contributed by atoms with Crippen molar-refractivity contribution in [1.29, 1.82) is 0 Å². The van der Waals surface area contributed by atoms with E-state index in [0.717, 1.165) is 5.69 Å².